The Kier molecular flexibility index (Phi) is 5.76. The maximum absolute atomic E-state index is 12.2. The highest BCUT2D eigenvalue weighted by Gasteiger charge is 2.19. The normalized spacial score (nSPS) is 11.6. The molecule has 0 fully saturated rings. The average molecular weight is 377 g/mol. The lowest BCUT2D eigenvalue weighted by molar-refractivity contribution is -0.119. The molecule has 6 heteroatoms. The van der Waals surface area contributed by atoms with Gasteiger partial charge in [-0.2, -0.15) is 0 Å². The second kappa shape index (κ2) is 7.78. The van der Waals surface area contributed by atoms with E-state index in [0.29, 0.717) is 12.0 Å². The number of rotatable bonds is 6. The molecule has 0 aliphatic rings. The number of carbonyl (C=O) groups excluding carboxylic acids is 2. The molecular weight excluding hydrogens is 360 g/mol. The van der Waals surface area contributed by atoms with Gasteiger partial charge in [0.1, 0.15) is 11.8 Å². The summed E-state index contributed by atoms with van der Waals surface area (Å²) >= 11 is 3.31. The van der Waals surface area contributed by atoms with Gasteiger partial charge < -0.3 is 15.8 Å². The molecule has 0 aromatic heterocycles. The van der Waals surface area contributed by atoms with E-state index < -0.39 is 11.9 Å². The number of nitrogens with one attached hydrogen (secondary N) is 1. The van der Waals surface area contributed by atoms with Gasteiger partial charge in [-0.3, -0.25) is 9.59 Å². The molecule has 3 N–H and O–H groups in total. The zero-order chi connectivity index (χ0) is 16.8. The molecule has 2 amide bonds. The van der Waals surface area contributed by atoms with Crippen LogP contribution in [0.15, 0.2) is 53.0 Å². The molecule has 0 bridgehead atoms. The van der Waals surface area contributed by atoms with Crippen LogP contribution in [-0.2, 0) is 11.2 Å². The third kappa shape index (κ3) is 4.82. The maximum Gasteiger partial charge on any atom is 0.251 e. The molecule has 2 aromatic rings. The minimum Gasteiger partial charge on any atom is -0.497 e. The molecule has 0 aliphatic carbocycles. The van der Waals surface area contributed by atoms with Crippen LogP contribution in [-0.4, -0.2) is 25.0 Å². The summed E-state index contributed by atoms with van der Waals surface area (Å²) in [5.74, 6) is -0.199. The van der Waals surface area contributed by atoms with Crippen LogP contribution in [0, 0.1) is 0 Å². The van der Waals surface area contributed by atoms with Gasteiger partial charge in [0.05, 0.1) is 7.11 Å². The van der Waals surface area contributed by atoms with E-state index in [1.165, 1.54) is 0 Å². The molecule has 23 heavy (non-hydrogen) atoms. The lowest BCUT2D eigenvalue weighted by atomic mass is 10.0. The molecule has 0 radical (unpaired) electrons. The molecule has 5 nitrogen and oxygen atoms in total. The van der Waals surface area contributed by atoms with Crippen molar-refractivity contribution in [3.8, 4) is 5.75 Å². The molecular formula is C17H17BrN2O3. The van der Waals surface area contributed by atoms with Crippen molar-refractivity contribution in [2.45, 2.75) is 12.5 Å². The van der Waals surface area contributed by atoms with E-state index in [2.05, 4.69) is 21.2 Å². The highest BCUT2D eigenvalue weighted by molar-refractivity contribution is 9.10. The molecule has 2 aromatic carbocycles. The molecule has 0 spiro atoms. The molecule has 0 heterocycles. The van der Waals surface area contributed by atoms with Crippen LogP contribution < -0.4 is 15.8 Å². The van der Waals surface area contributed by atoms with Gasteiger partial charge in [0.25, 0.3) is 5.91 Å². The Labute approximate surface area is 143 Å². The number of benzene rings is 2. The smallest absolute Gasteiger partial charge is 0.251 e. The van der Waals surface area contributed by atoms with E-state index in [0.717, 1.165) is 15.8 Å². The van der Waals surface area contributed by atoms with Gasteiger partial charge in [0, 0.05) is 16.5 Å². The number of hydrogen-bond donors (Lipinski definition) is 2. The average Bonchev–Trinajstić information content (AvgIpc) is 2.54. The van der Waals surface area contributed by atoms with Gasteiger partial charge >= 0.3 is 0 Å². The highest BCUT2D eigenvalue weighted by Crippen LogP contribution is 2.14. The Morgan fingerprint density at radius 2 is 1.91 bits per heavy atom. The van der Waals surface area contributed by atoms with Crippen LogP contribution in [0.1, 0.15) is 15.9 Å². The summed E-state index contributed by atoms with van der Waals surface area (Å²) in [6.07, 6.45) is 0.319. The Balaban J connectivity index is 2.09. The number of methoxy groups -OCH3 is 1. The zero-order valence-electron chi connectivity index (χ0n) is 12.6. The first-order valence-corrected chi connectivity index (χ1v) is 7.77. The third-order valence-electron chi connectivity index (χ3n) is 3.33. The monoisotopic (exact) mass is 376 g/mol. The summed E-state index contributed by atoms with van der Waals surface area (Å²) < 4.78 is 5.88. The van der Waals surface area contributed by atoms with Gasteiger partial charge in [-0.1, -0.05) is 34.1 Å². The summed E-state index contributed by atoms with van der Waals surface area (Å²) in [4.78, 5) is 23.9. The topological polar surface area (TPSA) is 81.4 Å². The second-order valence-electron chi connectivity index (χ2n) is 4.99. The van der Waals surface area contributed by atoms with Crippen LogP contribution in [0.3, 0.4) is 0 Å². The van der Waals surface area contributed by atoms with Crippen molar-refractivity contribution in [1.82, 2.24) is 5.32 Å². The number of nitrogens with two attached hydrogens (primary N) is 1. The van der Waals surface area contributed by atoms with E-state index in [9.17, 15) is 9.59 Å². The van der Waals surface area contributed by atoms with E-state index in [4.69, 9.17) is 10.5 Å². The van der Waals surface area contributed by atoms with E-state index in [1.807, 2.05) is 18.2 Å². The van der Waals surface area contributed by atoms with Crippen LogP contribution in [0.4, 0.5) is 0 Å². The Morgan fingerprint density at radius 3 is 2.48 bits per heavy atom. The summed E-state index contributed by atoms with van der Waals surface area (Å²) in [6.45, 7) is 0. The van der Waals surface area contributed by atoms with E-state index >= 15 is 0 Å². The lowest BCUT2D eigenvalue weighted by Crippen LogP contribution is -2.45. The fourth-order valence-corrected chi connectivity index (χ4v) is 2.49. The van der Waals surface area contributed by atoms with Gasteiger partial charge in [-0.25, -0.2) is 0 Å². The van der Waals surface area contributed by atoms with Crippen molar-refractivity contribution < 1.29 is 14.3 Å². The minimum absolute atomic E-state index is 0.319. The lowest BCUT2D eigenvalue weighted by Gasteiger charge is -2.16. The molecule has 120 valence electrons. The number of ether oxygens (including phenoxy) is 1. The minimum atomic E-state index is -0.783. The summed E-state index contributed by atoms with van der Waals surface area (Å²) in [5.41, 5.74) is 6.75. The first-order valence-electron chi connectivity index (χ1n) is 6.98. The molecule has 0 saturated carbocycles. The number of carbonyl (C=O) groups is 2. The fraction of sp³-hybridized carbons (Fsp3) is 0.176. The Bertz CT molecular complexity index is 701. The zero-order valence-corrected chi connectivity index (χ0v) is 14.2. The fourth-order valence-electron chi connectivity index (χ4n) is 2.09. The van der Waals surface area contributed by atoms with Crippen molar-refractivity contribution >= 4 is 27.7 Å². The largest absolute Gasteiger partial charge is 0.497 e. The van der Waals surface area contributed by atoms with Gasteiger partial charge in [0.2, 0.25) is 5.91 Å². The van der Waals surface area contributed by atoms with E-state index in [-0.39, 0.29) is 5.91 Å². The third-order valence-corrected chi connectivity index (χ3v) is 3.83. The van der Waals surface area contributed by atoms with Crippen molar-refractivity contribution in [2.75, 3.05) is 7.11 Å². The number of halogens is 1. The van der Waals surface area contributed by atoms with Crippen LogP contribution >= 0.6 is 15.9 Å². The predicted molar refractivity (Wildman–Crippen MR) is 91.3 cm³/mol. The number of hydrogen-bond acceptors (Lipinski definition) is 3. The molecule has 0 aliphatic heterocycles. The van der Waals surface area contributed by atoms with Gasteiger partial charge in [-0.15, -0.1) is 0 Å². The first-order chi connectivity index (χ1) is 11.0. The molecule has 1 atom stereocenters. The van der Waals surface area contributed by atoms with Crippen molar-refractivity contribution in [2.24, 2.45) is 5.73 Å². The quantitative estimate of drug-likeness (QED) is 0.811. The first kappa shape index (κ1) is 17.0. The molecule has 2 rings (SSSR count). The van der Waals surface area contributed by atoms with Crippen LogP contribution in [0.5, 0.6) is 5.75 Å². The Morgan fingerprint density at radius 1 is 1.22 bits per heavy atom. The Hall–Kier alpha value is -2.34. The standard InChI is InChI=1S/C17H17BrN2O3/c1-23-14-7-5-11(6-8-14)9-15(16(19)21)20-17(22)12-3-2-4-13(18)10-12/h2-8,10,15H,9H2,1H3,(H2,19,21)(H,20,22)/t15-/m1/s1. The predicted octanol–water partition coefficient (Wildman–Crippen LogP) is 2.28. The SMILES string of the molecule is COc1ccc(C[C@@H](NC(=O)c2cccc(Br)c2)C(N)=O)cc1. The molecule has 0 saturated heterocycles. The summed E-state index contributed by atoms with van der Waals surface area (Å²) in [6, 6.07) is 13.4. The van der Waals surface area contributed by atoms with Crippen molar-refractivity contribution in [1.29, 1.82) is 0 Å². The highest BCUT2D eigenvalue weighted by atomic mass is 79.9. The van der Waals surface area contributed by atoms with E-state index in [1.54, 1.807) is 37.4 Å². The van der Waals surface area contributed by atoms with Crippen molar-refractivity contribution in [3.63, 3.8) is 0 Å². The number of primary amides is 1. The number of amides is 2. The summed E-state index contributed by atoms with van der Waals surface area (Å²) in [7, 11) is 1.58. The second-order valence-corrected chi connectivity index (χ2v) is 5.91. The summed E-state index contributed by atoms with van der Waals surface area (Å²) in [5, 5.41) is 2.67. The van der Waals surface area contributed by atoms with Gasteiger partial charge in [0.15, 0.2) is 0 Å². The van der Waals surface area contributed by atoms with Crippen molar-refractivity contribution in [3.05, 3.63) is 64.1 Å². The molecule has 0 unspecified atom stereocenters. The van der Waals surface area contributed by atoms with Crippen LogP contribution in [0.2, 0.25) is 0 Å². The van der Waals surface area contributed by atoms with Gasteiger partial charge in [-0.05, 0) is 35.9 Å². The van der Waals surface area contributed by atoms with Crippen LogP contribution in [0.25, 0.3) is 0 Å². The maximum atomic E-state index is 12.2.